The Kier molecular flexibility index (Phi) is 7.02. The Morgan fingerprint density at radius 3 is 2.72 bits per heavy atom. The van der Waals surface area contributed by atoms with E-state index in [9.17, 15) is 15.3 Å². The standard InChI is InChI=1S/C11H25N3O4/c12-3-1-2-7(15)4-14-5-9-11(17)10(16)8(13)6-18-9/h7-11,14-17H,1-6,12-13H2/t7?,8-,9+,10+,11+/m0/s1. The fourth-order valence-electron chi connectivity index (χ4n) is 1.93. The summed E-state index contributed by atoms with van der Waals surface area (Å²) in [5, 5.41) is 31.9. The lowest BCUT2D eigenvalue weighted by Gasteiger charge is -2.36. The number of nitrogens with two attached hydrogens (primary N) is 2. The van der Waals surface area contributed by atoms with Gasteiger partial charge in [-0.25, -0.2) is 0 Å². The summed E-state index contributed by atoms with van der Waals surface area (Å²) in [6.07, 6.45) is -1.50. The van der Waals surface area contributed by atoms with Gasteiger partial charge in [0.2, 0.25) is 0 Å². The molecule has 0 bridgehead atoms. The van der Waals surface area contributed by atoms with Gasteiger partial charge < -0.3 is 36.8 Å². The Morgan fingerprint density at radius 2 is 2.06 bits per heavy atom. The van der Waals surface area contributed by atoms with E-state index in [4.69, 9.17) is 16.2 Å². The second kappa shape index (κ2) is 8.00. The number of rotatable bonds is 7. The summed E-state index contributed by atoms with van der Waals surface area (Å²) in [5.41, 5.74) is 10.9. The zero-order valence-electron chi connectivity index (χ0n) is 10.5. The van der Waals surface area contributed by atoms with Gasteiger partial charge >= 0.3 is 0 Å². The highest BCUT2D eigenvalue weighted by atomic mass is 16.5. The maximum Gasteiger partial charge on any atom is 0.109 e. The molecule has 5 atom stereocenters. The van der Waals surface area contributed by atoms with Crippen LogP contribution < -0.4 is 16.8 Å². The lowest BCUT2D eigenvalue weighted by molar-refractivity contribution is -0.142. The molecule has 1 saturated heterocycles. The van der Waals surface area contributed by atoms with Crippen LogP contribution in [-0.4, -0.2) is 72.0 Å². The molecule has 108 valence electrons. The van der Waals surface area contributed by atoms with Crippen molar-refractivity contribution in [3.63, 3.8) is 0 Å². The van der Waals surface area contributed by atoms with Gasteiger partial charge in [0.15, 0.2) is 0 Å². The molecule has 7 nitrogen and oxygen atoms in total. The lowest BCUT2D eigenvalue weighted by atomic mass is 9.99. The molecule has 0 spiro atoms. The van der Waals surface area contributed by atoms with Gasteiger partial charge in [-0.3, -0.25) is 0 Å². The maximum absolute atomic E-state index is 9.74. The van der Waals surface area contributed by atoms with Crippen LogP contribution >= 0.6 is 0 Å². The number of hydrogen-bond donors (Lipinski definition) is 6. The molecule has 0 amide bonds. The van der Waals surface area contributed by atoms with Crippen molar-refractivity contribution in [2.24, 2.45) is 11.5 Å². The van der Waals surface area contributed by atoms with Crippen molar-refractivity contribution >= 4 is 0 Å². The summed E-state index contributed by atoms with van der Waals surface area (Å²) in [4.78, 5) is 0. The molecule has 0 aliphatic carbocycles. The highest BCUT2D eigenvalue weighted by Gasteiger charge is 2.36. The van der Waals surface area contributed by atoms with Crippen LogP contribution in [0.1, 0.15) is 12.8 Å². The molecule has 1 aliphatic rings. The lowest BCUT2D eigenvalue weighted by Crippen LogP contribution is -2.58. The first-order valence-corrected chi connectivity index (χ1v) is 6.38. The molecule has 0 saturated carbocycles. The van der Waals surface area contributed by atoms with Crippen molar-refractivity contribution in [2.45, 2.75) is 43.3 Å². The minimum absolute atomic E-state index is 0.223. The van der Waals surface area contributed by atoms with Gasteiger partial charge in [0, 0.05) is 13.1 Å². The van der Waals surface area contributed by atoms with Gasteiger partial charge in [-0.15, -0.1) is 0 Å². The van der Waals surface area contributed by atoms with Crippen LogP contribution in [0.4, 0.5) is 0 Å². The Morgan fingerprint density at radius 1 is 1.33 bits per heavy atom. The SMILES string of the molecule is NCCCC(O)CNC[C@H]1OC[C@H](N)[C@@H](O)[C@@H]1O. The smallest absolute Gasteiger partial charge is 0.109 e. The monoisotopic (exact) mass is 263 g/mol. The van der Waals surface area contributed by atoms with Gasteiger partial charge in [0.25, 0.3) is 0 Å². The molecule has 0 aromatic carbocycles. The molecule has 1 heterocycles. The molecule has 7 heteroatoms. The quantitative estimate of drug-likeness (QED) is 0.290. The number of ether oxygens (including phenoxy) is 1. The second-order valence-corrected chi connectivity index (χ2v) is 4.76. The van der Waals surface area contributed by atoms with Crippen molar-refractivity contribution in [1.29, 1.82) is 0 Å². The van der Waals surface area contributed by atoms with Crippen molar-refractivity contribution in [2.75, 3.05) is 26.2 Å². The number of aliphatic hydroxyl groups is 3. The Labute approximate surface area is 107 Å². The zero-order valence-corrected chi connectivity index (χ0v) is 10.5. The van der Waals surface area contributed by atoms with E-state index in [0.717, 1.165) is 6.42 Å². The van der Waals surface area contributed by atoms with Gasteiger partial charge in [-0.1, -0.05) is 0 Å². The zero-order chi connectivity index (χ0) is 13.5. The molecular weight excluding hydrogens is 238 g/mol. The number of aliphatic hydroxyl groups excluding tert-OH is 3. The van der Waals surface area contributed by atoms with E-state index in [1.165, 1.54) is 0 Å². The molecule has 1 unspecified atom stereocenters. The van der Waals surface area contributed by atoms with Crippen molar-refractivity contribution in [3.05, 3.63) is 0 Å². The molecule has 0 aromatic heterocycles. The minimum atomic E-state index is -0.998. The Hall–Kier alpha value is -0.280. The van der Waals surface area contributed by atoms with Crippen LogP contribution in [-0.2, 0) is 4.74 Å². The Bertz CT molecular complexity index is 232. The first kappa shape index (κ1) is 15.8. The fourth-order valence-corrected chi connectivity index (χ4v) is 1.93. The van der Waals surface area contributed by atoms with Crippen LogP contribution in [0.2, 0.25) is 0 Å². The number of nitrogens with one attached hydrogen (secondary N) is 1. The minimum Gasteiger partial charge on any atom is -0.392 e. The predicted octanol–water partition coefficient (Wildman–Crippen LogP) is -2.88. The van der Waals surface area contributed by atoms with Crippen LogP contribution in [0.5, 0.6) is 0 Å². The average molecular weight is 263 g/mol. The van der Waals surface area contributed by atoms with Gasteiger partial charge in [-0.05, 0) is 19.4 Å². The highest BCUT2D eigenvalue weighted by molar-refractivity contribution is 4.89. The van der Waals surface area contributed by atoms with E-state index in [-0.39, 0.29) is 6.61 Å². The van der Waals surface area contributed by atoms with Crippen molar-refractivity contribution in [3.8, 4) is 0 Å². The average Bonchev–Trinajstić information content (AvgIpc) is 2.36. The molecular formula is C11H25N3O4. The summed E-state index contributed by atoms with van der Waals surface area (Å²) >= 11 is 0. The molecule has 18 heavy (non-hydrogen) atoms. The summed E-state index contributed by atoms with van der Waals surface area (Å²) in [6, 6.07) is -0.550. The van der Waals surface area contributed by atoms with E-state index < -0.39 is 30.5 Å². The number of hydrogen-bond acceptors (Lipinski definition) is 7. The van der Waals surface area contributed by atoms with Crippen molar-refractivity contribution in [1.82, 2.24) is 5.32 Å². The van der Waals surface area contributed by atoms with Gasteiger partial charge in [-0.2, -0.15) is 0 Å². The molecule has 1 rings (SSSR count). The third kappa shape index (κ3) is 4.77. The first-order chi connectivity index (χ1) is 8.56. The van der Waals surface area contributed by atoms with E-state index in [1.54, 1.807) is 0 Å². The maximum atomic E-state index is 9.74. The Balaban J connectivity index is 2.19. The highest BCUT2D eigenvalue weighted by Crippen LogP contribution is 2.13. The van der Waals surface area contributed by atoms with Crippen molar-refractivity contribution < 1.29 is 20.1 Å². The third-order valence-electron chi connectivity index (χ3n) is 3.14. The molecule has 0 aromatic rings. The summed E-state index contributed by atoms with van der Waals surface area (Å²) in [5.74, 6) is 0. The fraction of sp³-hybridized carbons (Fsp3) is 1.00. The van der Waals surface area contributed by atoms with E-state index in [2.05, 4.69) is 5.32 Å². The van der Waals surface area contributed by atoms with E-state index in [1.807, 2.05) is 0 Å². The van der Waals surface area contributed by atoms with E-state index in [0.29, 0.717) is 26.1 Å². The van der Waals surface area contributed by atoms with Gasteiger partial charge in [0.05, 0.1) is 31.0 Å². The van der Waals surface area contributed by atoms with E-state index >= 15 is 0 Å². The largest absolute Gasteiger partial charge is 0.392 e. The van der Waals surface area contributed by atoms with Gasteiger partial charge in [0.1, 0.15) is 6.10 Å². The summed E-state index contributed by atoms with van der Waals surface area (Å²) in [7, 11) is 0. The topological polar surface area (TPSA) is 134 Å². The van der Waals surface area contributed by atoms with Crippen LogP contribution in [0.15, 0.2) is 0 Å². The first-order valence-electron chi connectivity index (χ1n) is 6.38. The third-order valence-corrected chi connectivity index (χ3v) is 3.14. The molecule has 8 N–H and O–H groups in total. The second-order valence-electron chi connectivity index (χ2n) is 4.76. The normalized spacial score (nSPS) is 34.5. The van der Waals surface area contributed by atoms with Crippen LogP contribution in [0.3, 0.4) is 0 Å². The van der Waals surface area contributed by atoms with Crippen LogP contribution in [0.25, 0.3) is 0 Å². The predicted molar refractivity (Wildman–Crippen MR) is 66.9 cm³/mol. The molecule has 1 fully saturated rings. The molecule has 0 radical (unpaired) electrons. The summed E-state index contributed by atoms with van der Waals surface area (Å²) < 4.78 is 5.34. The summed E-state index contributed by atoms with van der Waals surface area (Å²) in [6.45, 7) is 1.56. The molecule has 1 aliphatic heterocycles. The van der Waals surface area contributed by atoms with Crippen LogP contribution in [0, 0.1) is 0 Å².